The first kappa shape index (κ1) is 19.6. The van der Waals surface area contributed by atoms with E-state index in [1.807, 2.05) is 17.2 Å². The van der Waals surface area contributed by atoms with Gasteiger partial charge < -0.3 is 24.6 Å². The fourth-order valence-electron chi connectivity index (χ4n) is 4.75. The average molecular weight is 389 g/mol. The third-order valence-corrected chi connectivity index (χ3v) is 6.21. The van der Waals surface area contributed by atoms with Crippen LogP contribution in [0.5, 0.6) is 0 Å². The first-order chi connectivity index (χ1) is 13.6. The Labute approximate surface area is 167 Å². The van der Waals surface area contributed by atoms with Gasteiger partial charge in [0.2, 0.25) is 0 Å². The monoisotopic (exact) mass is 388 g/mol. The minimum atomic E-state index is -0.168. The molecule has 28 heavy (non-hydrogen) atoms. The van der Waals surface area contributed by atoms with Crippen molar-refractivity contribution in [1.82, 2.24) is 20.1 Å². The van der Waals surface area contributed by atoms with E-state index in [2.05, 4.69) is 28.3 Å². The number of nitrogens with one attached hydrogen (secondary N) is 1. The first-order valence-corrected chi connectivity index (χ1v) is 10.5. The van der Waals surface area contributed by atoms with E-state index >= 15 is 0 Å². The van der Waals surface area contributed by atoms with Crippen molar-refractivity contribution in [3.05, 3.63) is 30.1 Å². The molecule has 3 saturated heterocycles. The van der Waals surface area contributed by atoms with Crippen LogP contribution in [-0.4, -0.2) is 79.0 Å². The number of ether oxygens (including phenoxy) is 2. The van der Waals surface area contributed by atoms with E-state index < -0.39 is 0 Å². The van der Waals surface area contributed by atoms with E-state index in [1.54, 1.807) is 6.20 Å². The summed E-state index contributed by atoms with van der Waals surface area (Å²) in [5.41, 5.74) is 1.06. The molecule has 2 amide bonds. The van der Waals surface area contributed by atoms with Gasteiger partial charge in [-0.15, -0.1) is 0 Å². The largest absolute Gasteiger partial charge is 0.378 e. The van der Waals surface area contributed by atoms with Crippen LogP contribution < -0.4 is 5.32 Å². The van der Waals surface area contributed by atoms with Crippen molar-refractivity contribution in [2.24, 2.45) is 5.92 Å². The Bertz CT molecular complexity index is 650. The molecule has 3 unspecified atom stereocenters. The SMILES string of the molecule is CN(Cc1cccnc1)CC1CCN(C(=O)NC2CCOC3(CCOC3)C2)C1. The van der Waals surface area contributed by atoms with Crippen LogP contribution in [0.25, 0.3) is 0 Å². The van der Waals surface area contributed by atoms with Crippen LogP contribution in [0.1, 0.15) is 31.2 Å². The second-order valence-electron chi connectivity index (χ2n) is 8.63. The zero-order chi connectivity index (χ0) is 19.4. The highest BCUT2D eigenvalue weighted by Crippen LogP contribution is 2.33. The van der Waals surface area contributed by atoms with Crippen LogP contribution >= 0.6 is 0 Å². The van der Waals surface area contributed by atoms with Gasteiger partial charge in [-0.1, -0.05) is 6.07 Å². The molecule has 1 spiro atoms. The zero-order valence-corrected chi connectivity index (χ0v) is 16.8. The topological polar surface area (TPSA) is 66.9 Å². The first-order valence-electron chi connectivity index (χ1n) is 10.5. The lowest BCUT2D eigenvalue weighted by Gasteiger charge is -2.37. The van der Waals surface area contributed by atoms with Gasteiger partial charge in [0.25, 0.3) is 0 Å². The third-order valence-electron chi connectivity index (χ3n) is 6.21. The van der Waals surface area contributed by atoms with Gasteiger partial charge >= 0.3 is 6.03 Å². The molecular weight excluding hydrogens is 356 g/mol. The van der Waals surface area contributed by atoms with Gasteiger partial charge in [-0.25, -0.2) is 4.79 Å². The molecule has 0 radical (unpaired) electrons. The highest BCUT2D eigenvalue weighted by molar-refractivity contribution is 5.74. The summed E-state index contributed by atoms with van der Waals surface area (Å²) in [5.74, 6) is 0.525. The minimum absolute atomic E-state index is 0.0818. The van der Waals surface area contributed by atoms with Gasteiger partial charge in [0.05, 0.1) is 12.2 Å². The molecule has 1 N–H and O–H groups in total. The van der Waals surface area contributed by atoms with Gasteiger partial charge in [0.15, 0.2) is 0 Å². The maximum atomic E-state index is 12.8. The predicted molar refractivity (Wildman–Crippen MR) is 106 cm³/mol. The Morgan fingerprint density at radius 2 is 2.36 bits per heavy atom. The Balaban J connectivity index is 1.22. The van der Waals surface area contributed by atoms with E-state index in [-0.39, 0.29) is 17.7 Å². The third kappa shape index (κ3) is 4.82. The van der Waals surface area contributed by atoms with E-state index in [4.69, 9.17) is 9.47 Å². The normalized spacial score (nSPS) is 30.3. The molecular formula is C21H32N4O3. The Hall–Kier alpha value is -1.70. The summed E-state index contributed by atoms with van der Waals surface area (Å²) < 4.78 is 11.5. The highest BCUT2D eigenvalue weighted by atomic mass is 16.6. The predicted octanol–water partition coefficient (Wildman–Crippen LogP) is 1.88. The Morgan fingerprint density at radius 3 is 3.14 bits per heavy atom. The molecule has 154 valence electrons. The smallest absolute Gasteiger partial charge is 0.317 e. The lowest BCUT2D eigenvalue weighted by atomic mass is 9.90. The molecule has 0 aromatic carbocycles. The summed E-state index contributed by atoms with van der Waals surface area (Å²) in [5, 5.41) is 3.26. The molecule has 3 atom stereocenters. The van der Waals surface area contributed by atoms with Crippen molar-refractivity contribution >= 4 is 6.03 Å². The Kier molecular flexibility index (Phi) is 6.13. The van der Waals surface area contributed by atoms with E-state index in [9.17, 15) is 4.79 Å². The summed E-state index contributed by atoms with van der Waals surface area (Å²) in [6, 6.07) is 4.35. The van der Waals surface area contributed by atoms with Crippen LogP contribution in [0.15, 0.2) is 24.5 Å². The molecule has 1 aromatic rings. The minimum Gasteiger partial charge on any atom is -0.378 e. The number of hydrogen-bond donors (Lipinski definition) is 1. The molecule has 0 bridgehead atoms. The molecule has 1 aromatic heterocycles. The second kappa shape index (κ2) is 8.76. The summed E-state index contributed by atoms with van der Waals surface area (Å²) in [4.78, 5) is 21.2. The van der Waals surface area contributed by atoms with Crippen molar-refractivity contribution in [3.63, 3.8) is 0 Å². The number of carbonyl (C=O) groups is 1. The Morgan fingerprint density at radius 1 is 1.43 bits per heavy atom. The molecule has 0 aliphatic carbocycles. The lowest BCUT2D eigenvalue weighted by molar-refractivity contribution is -0.0881. The summed E-state index contributed by atoms with van der Waals surface area (Å²) in [6.45, 7) is 5.69. The van der Waals surface area contributed by atoms with Crippen molar-refractivity contribution < 1.29 is 14.3 Å². The zero-order valence-electron chi connectivity index (χ0n) is 16.8. The van der Waals surface area contributed by atoms with Crippen LogP contribution in [0, 0.1) is 5.92 Å². The van der Waals surface area contributed by atoms with Crippen molar-refractivity contribution in [1.29, 1.82) is 0 Å². The maximum Gasteiger partial charge on any atom is 0.317 e. The number of hydrogen-bond acceptors (Lipinski definition) is 5. The van der Waals surface area contributed by atoms with E-state index in [1.165, 1.54) is 5.56 Å². The summed E-state index contributed by atoms with van der Waals surface area (Å²) in [7, 11) is 2.14. The summed E-state index contributed by atoms with van der Waals surface area (Å²) >= 11 is 0. The average Bonchev–Trinajstić information content (AvgIpc) is 3.32. The number of nitrogens with zero attached hydrogens (tertiary/aromatic N) is 3. The molecule has 3 aliphatic rings. The summed E-state index contributed by atoms with van der Waals surface area (Å²) in [6.07, 6.45) is 7.48. The van der Waals surface area contributed by atoms with Crippen LogP contribution in [0.4, 0.5) is 4.79 Å². The quantitative estimate of drug-likeness (QED) is 0.834. The number of amides is 2. The second-order valence-corrected chi connectivity index (χ2v) is 8.63. The lowest BCUT2D eigenvalue weighted by Crippen LogP contribution is -2.51. The van der Waals surface area contributed by atoms with Gasteiger partial charge in [-0.3, -0.25) is 4.98 Å². The number of aromatic nitrogens is 1. The van der Waals surface area contributed by atoms with Crippen molar-refractivity contribution in [2.75, 3.05) is 46.5 Å². The van der Waals surface area contributed by atoms with E-state index in [0.717, 1.165) is 58.5 Å². The molecule has 0 saturated carbocycles. The number of carbonyl (C=O) groups excluding carboxylic acids is 1. The van der Waals surface area contributed by atoms with Crippen LogP contribution in [0.3, 0.4) is 0 Å². The van der Waals surface area contributed by atoms with Crippen molar-refractivity contribution in [3.8, 4) is 0 Å². The molecule has 4 rings (SSSR count). The van der Waals surface area contributed by atoms with Gasteiger partial charge in [0, 0.05) is 64.2 Å². The van der Waals surface area contributed by atoms with Crippen molar-refractivity contribution in [2.45, 2.75) is 43.9 Å². The molecule has 7 nitrogen and oxygen atoms in total. The number of urea groups is 1. The van der Waals surface area contributed by atoms with Crippen LogP contribution in [0.2, 0.25) is 0 Å². The molecule has 3 aliphatic heterocycles. The van der Waals surface area contributed by atoms with Gasteiger partial charge in [-0.2, -0.15) is 0 Å². The van der Waals surface area contributed by atoms with Gasteiger partial charge in [0.1, 0.15) is 0 Å². The fraction of sp³-hybridized carbons (Fsp3) is 0.714. The fourth-order valence-corrected chi connectivity index (χ4v) is 4.75. The molecule has 4 heterocycles. The number of likely N-dealkylation sites (tertiary alicyclic amines) is 1. The standard InChI is InChI=1S/C21H32N4O3/c1-24(13-17-3-2-7-22-12-17)14-18-4-8-25(15-18)20(26)23-19-5-9-28-21(11-19)6-10-27-16-21/h2-3,7,12,18-19H,4-6,8-11,13-16H2,1H3,(H,23,26). The highest BCUT2D eigenvalue weighted by Gasteiger charge is 2.41. The molecule has 3 fully saturated rings. The number of pyridine rings is 1. The van der Waals surface area contributed by atoms with E-state index in [0.29, 0.717) is 19.1 Å². The maximum absolute atomic E-state index is 12.8. The van der Waals surface area contributed by atoms with Gasteiger partial charge in [-0.05, 0) is 43.9 Å². The van der Waals surface area contributed by atoms with Crippen LogP contribution in [-0.2, 0) is 16.0 Å². The molecule has 7 heteroatoms. The number of rotatable bonds is 5.